The fraction of sp³-hybridized carbons (Fsp3) is 0.438. The first-order chi connectivity index (χ1) is 11.1. The Kier molecular flexibility index (Phi) is 4.93. The van der Waals surface area contributed by atoms with Crippen LogP contribution in [0.2, 0.25) is 5.02 Å². The number of carbonyl (C=O) groups is 1. The number of rotatable bonds is 4. The molecule has 1 amide bonds. The number of hydrogen-bond acceptors (Lipinski definition) is 5. The molecule has 23 heavy (non-hydrogen) atoms. The first-order valence-corrected chi connectivity index (χ1v) is 8.13. The lowest BCUT2D eigenvalue weighted by Crippen LogP contribution is -2.43. The molecule has 7 heteroatoms. The average Bonchev–Trinajstić information content (AvgIpc) is 2.56. The summed E-state index contributed by atoms with van der Waals surface area (Å²) in [6, 6.07) is 6.16. The predicted octanol–water partition coefficient (Wildman–Crippen LogP) is 1.91. The molecule has 0 atom stereocenters. The minimum atomic E-state index is 0.0670. The van der Waals surface area contributed by atoms with Gasteiger partial charge in [0.05, 0.1) is 11.6 Å². The van der Waals surface area contributed by atoms with Crippen molar-refractivity contribution in [2.45, 2.75) is 18.9 Å². The number of amides is 1. The van der Waals surface area contributed by atoms with Gasteiger partial charge in [0.15, 0.2) is 5.65 Å². The molecule has 0 saturated carbocycles. The number of pyridine rings is 2. The third-order valence-corrected chi connectivity index (χ3v) is 4.30. The maximum absolute atomic E-state index is 11.4. The monoisotopic (exact) mass is 333 g/mol. The lowest BCUT2D eigenvalue weighted by atomic mass is 10.1. The van der Waals surface area contributed by atoms with E-state index < -0.39 is 0 Å². The van der Waals surface area contributed by atoms with Gasteiger partial charge >= 0.3 is 0 Å². The van der Waals surface area contributed by atoms with Crippen LogP contribution in [0, 0.1) is 0 Å². The Bertz CT molecular complexity index is 700. The van der Waals surface area contributed by atoms with Gasteiger partial charge in [-0.25, -0.2) is 9.97 Å². The molecule has 1 saturated heterocycles. The van der Waals surface area contributed by atoms with Gasteiger partial charge in [-0.1, -0.05) is 11.6 Å². The number of likely N-dealkylation sites (tertiary alicyclic amines) is 1. The average molecular weight is 334 g/mol. The molecule has 2 aromatic rings. The van der Waals surface area contributed by atoms with Crippen molar-refractivity contribution in [1.82, 2.24) is 20.2 Å². The van der Waals surface area contributed by atoms with Gasteiger partial charge in [0.25, 0.3) is 0 Å². The van der Waals surface area contributed by atoms with Crippen LogP contribution in [-0.4, -0.2) is 53.5 Å². The van der Waals surface area contributed by atoms with Gasteiger partial charge in [-0.3, -0.25) is 9.69 Å². The van der Waals surface area contributed by atoms with E-state index in [4.69, 9.17) is 11.6 Å². The van der Waals surface area contributed by atoms with Crippen molar-refractivity contribution >= 4 is 34.4 Å². The van der Waals surface area contributed by atoms with Crippen LogP contribution in [0.3, 0.4) is 0 Å². The normalized spacial score (nSPS) is 16.4. The molecule has 1 aliphatic heterocycles. The quantitative estimate of drug-likeness (QED) is 0.894. The second-order valence-corrected chi connectivity index (χ2v) is 6.20. The summed E-state index contributed by atoms with van der Waals surface area (Å²) in [7, 11) is 1.67. The Balaban J connectivity index is 1.58. The highest BCUT2D eigenvalue weighted by Gasteiger charge is 2.20. The minimum absolute atomic E-state index is 0.0670. The number of hydrogen-bond donors (Lipinski definition) is 2. The number of nitrogens with one attached hydrogen (secondary N) is 2. The molecule has 1 aliphatic rings. The summed E-state index contributed by atoms with van der Waals surface area (Å²) in [4.78, 5) is 22.4. The van der Waals surface area contributed by atoms with Crippen LogP contribution in [-0.2, 0) is 4.79 Å². The topological polar surface area (TPSA) is 70.2 Å². The molecule has 122 valence electrons. The highest BCUT2D eigenvalue weighted by atomic mass is 35.5. The van der Waals surface area contributed by atoms with Crippen molar-refractivity contribution in [2.24, 2.45) is 0 Å². The van der Waals surface area contributed by atoms with Gasteiger partial charge in [0.1, 0.15) is 5.82 Å². The molecule has 0 unspecified atom stereocenters. The fourth-order valence-corrected chi connectivity index (χ4v) is 2.96. The van der Waals surface area contributed by atoms with Crippen molar-refractivity contribution < 1.29 is 4.79 Å². The van der Waals surface area contributed by atoms with Crippen molar-refractivity contribution in [1.29, 1.82) is 0 Å². The van der Waals surface area contributed by atoms with Crippen LogP contribution in [0.1, 0.15) is 12.8 Å². The van der Waals surface area contributed by atoms with Gasteiger partial charge in [-0.15, -0.1) is 0 Å². The first kappa shape index (κ1) is 16.0. The number of nitrogens with zero attached hydrogens (tertiary/aromatic N) is 3. The highest BCUT2D eigenvalue weighted by Crippen LogP contribution is 2.19. The summed E-state index contributed by atoms with van der Waals surface area (Å²) in [5.41, 5.74) is 0.691. The Morgan fingerprint density at radius 1 is 1.39 bits per heavy atom. The Morgan fingerprint density at radius 2 is 2.17 bits per heavy atom. The molecule has 1 fully saturated rings. The van der Waals surface area contributed by atoms with E-state index in [1.54, 1.807) is 13.2 Å². The Labute approximate surface area is 140 Å². The van der Waals surface area contributed by atoms with Crippen LogP contribution < -0.4 is 10.6 Å². The van der Waals surface area contributed by atoms with E-state index in [-0.39, 0.29) is 5.91 Å². The van der Waals surface area contributed by atoms with Crippen LogP contribution in [0.15, 0.2) is 24.4 Å². The predicted molar refractivity (Wildman–Crippen MR) is 91.7 cm³/mol. The largest absolute Gasteiger partial charge is 0.367 e. The van der Waals surface area contributed by atoms with Gasteiger partial charge in [-0.05, 0) is 31.0 Å². The maximum Gasteiger partial charge on any atom is 0.233 e. The van der Waals surface area contributed by atoms with Crippen LogP contribution >= 0.6 is 11.6 Å². The standard InChI is InChI=1S/C16H20ClN5O/c1-18-15(23)10-22-6-4-13(5-7-22)20-14-3-2-11-8-12(17)9-19-16(11)21-14/h2-3,8-9,13H,4-7,10H2,1H3,(H,18,23)(H,19,20,21). The van der Waals surface area contributed by atoms with Crippen LogP contribution in [0.25, 0.3) is 11.0 Å². The molecule has 2 N–H and O–H groups in total. The summed E-state index contributed by atoms with van der Waals surface area (Å²) in [5.74, 6) is 0.898. The van der Waals surface area contributed by atoms with E-state index in [0.29, 0.717) is 23.3 Å². The Morgan fingerprint density at radius 3 is 2.91 bits per heavy atom. The van der Waals surface area contributed by atoms with Crippen molar-refractivity contribution in [3.63, 3.8) is 0 Å². The maximum atomic E-state index is 11.4. The van der Waals surface area contributed by atoms with E-state index in [0.717, 1.165) is 37.1 Å². The number of likely N-dealkylation sites (N-methyl/N-ethyl adjacent to an activating group) is 1. The summed E-state index contributed by atoms with van der Waals surface area (Å²) < 4.78 is 0. The molecule has 0 bridgehead atoms. The van der Waals surface area contributed by atoms with Gasteiger partial charge in [0, 0.05) is 37.8 Å². The van der Waals surface area contributed by atoms with Crippen molar-refractivity contribution in [3.05, 3.63) is 29.4 Å². The smallest absolute Gasteiger partial charge is 0.233 e. The fourth-order valence-electron chi connectivity index (χ4n) is 2.79. The molecule has 0 aliphatic carbocycles. The third kappa shape index (κ3) is 4.09. The zero-order chi connectivity index (χ0) is 16.2. The van der Waals surface area contributed by atoms with E-state index in [2.05, 4.69) is 25.5 Å². The number of halogens is 1. The zero-order valence-electron chi connectivity index (χ0n) is 13.1. The van der Waals surface area contributed by atoms with E-state index >= 15 is 0 Å². The summed E-state index contributed by atoms with van der Waals surface area (Å²) in [6.07, 6.45) is 3.59. The lowest BCUT2D eigenvalue weighted by Gasteiger charge is -2.32. The molecular formula is C16H20ClN5O. The van der Waals surface area contributed by atoms with Gasteiger partial charge in [-0.2, -0.15) is 0 Å². The number of aromatic nitrogens is 2. The van der Waals surface area contributed by atoms with E-state index in [1.807, 2.05) is 18.2 Å². The molecule has 2 aromatic heterocycles. The van der Waals surface area contributed by atoms with E-state index in [9.17, 15) is 4.79 Å². The van der Waals surface area contributed by atoms with Crippen molar-refractivity contribution in [2.75, 3.05) is 32.0 Å². The minimum Gasteiger partial charge on any atom is -0.367 e. The number of piperidine rings is 1. The van der Waals surface area contributed by atoms with Crippen LogP contribution in [0.4, 0.5) is 5.82 Å². The van der Waals surface area contributed by atoms with Crippen molar-refractivity contribution in [3.8, 4) is 0 Å². The third-order valence-electron chi connectivity index (χ3n) is 4.09. The molecule has 3 heterocycles. The van der Waals surface area contributed by atoms with Gasteiger partial charge in [0.2, 0.25) is 5.91 Å². The number of carbonyl (C=O) groups excluding carboxylic acids is 1. The zero-order valence-corrected chi connectivity index (χ0v) is 13.8. The first-order valence-electron chi connectivity index (χ1n) is 7.76. The molecule has 6 nitrogen and oxygen atoms in total. The van der Waals surface area contributed by atoms with Gasteiger partial charge < -0.3 is 10.6 Å². The highest BCUT2D eigenvalue weighted by molar-refractivity contribution is 6.31. The molecule has 0 spiro atoms. The molecule has 3 rings (SSSR count). The molecule has 0 radical (unpaired) electrons. The summed E-state index contributed by atoms with van der Waals surface area (Å²) in [5, 5.41) is 7.67. The second kappa shape index (κ2) is 7.10. The Hall–Kier alpha value is -1.92. The second-order valence-electron chi connectivity index (χ2n) is 5.76. The SMILES string of the molecule is CNC(=O)CN1CCC(Nc2ccc3cc(Cl)cnc3n2)CC1. The number of anilines is 1. The lowest BCUT2D eigenvalue weighted by molar-refractivity contribution is -0.122. The summed E-state index contributed by atoms with van der Waals surface area (Å²) >= 11 is 5.94. The number of fused-ring (bicyclic) bond motifs is 1. The summed E-state index contributed by atoms with van der Waals surface area (Å²) in [6.45, 7) is 2.29. The molecular weight excluding hydrogens is 314 g/mol. The van der Waals surface area contributed by atoms with Crippen LogP contribution in [0.5, 0.6) is 0 Å². The van der Waals surface area contributed by atoms with E-state index in [1.165, 1.54) is 0 Å². The molecule has 0 aromatic carbocycles.